The van der Waals surface area contributed by atoms with Crippen LogP contribution < -0.4 is 4.87 Å². The van der Waals surface area contributed by atoms with Crippen molar-refractivity contribution in [3.05, 3.63) is 46.1 Å². The molecule has 0 bridgehead atoms. The largest absolute Gasteiger partial charge is 0.323 e. The molecule has 78 valence electrons. The standard InChI is InChI=1S/C11H7N3OS/c15-11-13-10(14-16-11)9-6-5-7-3-1-2-4-8(7)12-9/h1-6H,(H,13,14,15). The molecule has 0 radical (unpaired) electrons. The number of nitrogens with one attached hydrogen (secondary N) is 1. The van der Waals surface area contributed by atoms with Gasteiger partial charge in [-0.2, -0.15) is 4.37 Å². The highest BCUT2D eigenvalue weighted by Crippen LogP contribution is 2.17. The van der Waals surface area contributed by atoms with E-state index in [2.05, 4.69) is 14.3 Å². The monoisotopic (exact) mass is 229 g/mol. The predicted molar refractivity (Wildman–Crippen MR) is 63.5 cm³/mol. The minimum absolute atomic E-state index is 0.162. The van der Waals surface area contributed by atoms with Gasteiger partial charge >= 0.3 is 4.87 Å². The van der Waals surface area contributed by atoms with Crippen molar-refractivity contribution < 1.29 is 0 Å². The van der Waals surface area contributed by atoms with Crippen LogP contribution in [-0.2, 0) is 0 Å². The molecule has 2 aromatic heterocycles. The van der Waals surface area contributed by atoms with Crippen LogP contribution in [0.25, 0.3) is 22.4 Å². The molecular weight excluding hydrogens is 222 g/mol. The Kier molecular flexibility index (Phi) is 2.04. The molecule has 0 aliphatic rings. The van der Waals surface area contributed by atoms with Crippen LogP contribution in [0, 0.1) is 0 Å². The first-order valence-corrected chi connectivity index (χ1v) is 5.52. The number of pyridine rings is 1. The molecule has 1 aromatic carbocycles. The van der Waals surface area contributed by atoms with Crippen LogP contribution in [0.2, 0.25) is 0 Å². The highest BCUT2D eigenvalue weighted by Gasteiger charge is 2.04. The van der Waals surface area contributed by atoms with Gasteiger partial charge in [-0.05, 0) is 12.1 Å². The maximum Gasteiger partial charge on any atom is 0.323 e. The van der Waals surface area contributed by atoms with Gasteiger partial charge in [0.1, 0.15) is 5.69 Å². The molecule has 0 unspecified atom stereocenters. The summed E-state index contributed by atoms with van der Waals surface area (Å²) in [6, 6.07) is 11.7. The minimum Gasteiger partial charge on any atom is -0.294 e. The Morgan fingerprint density at radius 2 is 2.00 bits per heavy atom. The highest BCUT2D eigenvalue weighted by molar-refractivity contribution is 7.03. The molecule has 0 spiro atoms. The maximum absolute atomic E-state index is 11.0. The lowest BCUT2D eigenvalue weighted by atomic mass is 10.2. The number of fused-ring (bicyclic) bond motifs is 1. The topological polar surface area (TPSA) is 58.6 Å². The number of hydrogen-bond acceptors (Lipinski definition) is 4. The lowest BCUT2D eigenvalue weighted by Crippen LogP contribution is -1.93. The Morgan fingerprint density at radius 3 is 2.81 bits per heavy atom. The zero-order valence-corrected chi connectivity index (χ0v) is 8.99. The van der Waals surface area contributed by atoms with Crippen molar-refractivity contribution in [2.45, 2.75) is 0 Å². The van der Waals surface area contributed by atoms with Crippen molar-refractivity contribution in [1.29, 1.82) is 0 Å². The lowest BCUT2D eigenvalue weighted by Gasteiger charge is -1.98. The molecule has 3 aromatic rings. The van der Waals surface area contributed by atoms with Crippen LogP contribution in [0.5, 0.6) is 0 Å². The lowest BCUT2D eigenvalue weighted by molar-refractivity contribution is 1.24. The molecule has 3 rings (SSSR count). The number of hydrogen-bond donors (Lipinski definition) is 1. The molecule has 16 heavy (non-hydrogen) atoms. The van der Waals surface area contributed by atoms with E-state index in [1.165, 1.54) is 0 Å². The number of aromatic amines is 1. The van der Waals surface area contributed by atoms with E-state index in [-0.39, 0.29) is 4.87 Å². The van der Waals surface area contributed by atoms with E-state index in [1.54, 1.807) is 0 Å². The first-order valence-electron chi connectivity index (χ1n) is 4.75. The first kappa shape index (κ1) is 9.23. The quantitative estimate of drug-likeness (QED) is 0.694. The third kappa shape index (κ3) is 1.51. The normalized spacial score (nSPS) is 10.8. The van der Waals surface area contributed by atoms with Gasteiger partial charge < -0.3 is 0 Å². The maximum atomic E-state index is 11.0. The van der Waals surface area contributed by atoms with Crippen molar-refractivity contribution in [3.8, 4) is 11.5 Å². The van der Waals surface area contributed by atoms with Crippen LogP contribution in [0.3, 0.4) is 0 Å². The molecule has 5 heteroatoms. The van der Waals surface area contributed by atoms with E-state index in [0.29, 0.717) is 11.5 Å². The molecule has 0 aliphatic heterocycles. The van der Waals surface area contributed by atoms with Gasteiger partial charge in [0.05, 0.1) is 5.52 Å². The summed E-state index contributed by atoms with van der Waals surface area (Å²) in [5, 5.41) is 1.07. The number of para-hydroxylation sites is 1. The Labute approximate surface area is 94.8 Å². The summed E-state index contributed by atoms with van der Waals surface area (Å²) in [6.07, 6.45) is 0. The van der Waals surface area contributed by atoms with E-state index >= 15 is 0 Å². The Bertz CT molecular complexity index is 701. The molecular formula is C11H7N3OS. The molecule has 0 aliphatic carbocycles. The van der Waals surface area contributed by atoms with Gasteiger partial charge in [0.25, 0.3) is 0 Å². The van der Waals surface area contributed by atoms with Crippen LogP contribution in [0.4, 0.5) is 0 Å². The summed E-state index contributed by atoms with van der Waals surface area (Å²) >= 11 is 0.904. The number of aromatic nitrogens is 3. The molecule has 0 saturated heterocycles. The third-order valence-electron chi connectivity index (χ3n) is 2.28. The Balaban J connectivity index is 2.22. The van der Waals surface area contributed by atoms with Gasteiger partial charge in [-0.1, -0.05) is 24.3 Å². The minimum atomic E-state index is -0.162. The molecule has 0 amide bonds. The fourth-order valence-corrected chi connectivity index (χ4v) is 1.99. The zero-order chi connectivity index (χ0) is 11.0. The highest BCUT2D eigenvalue weighted by atomic mass is 32.1. The van der Waals surface area contributed by atoms with Crippen LogP contribution in [0.15, 0.2) is 41.2 Å². The van der Waals surface area contributed by atoms with Crippen molar-refractivity contribution in [3.63, 3.8) is 0 Å². The molecule has 0 atom stereocenters. The van der Waals surface area contributed by atoms with E-state index in [0.717, 1.165) is 22.4 Å². The summed E-state index contributed by atoms with van der Waals surface area (Å²) in [4.78, 5) is 17.9. The fourth-order valence-electron chi connectivity index (χ4n) is 1.54. The van der Waals surface area contributed by atoms with Gasteiger partial charge in [0.2, 0.25) is 0 Å². The average Bonchev–Trinajstić information content (AvgIpc) is 2.75. The third-order valence-corrected chi connectivity index (χ3v) is 2.82. The van der Waals surface area contributed by atoms with Crippen molar-refractivity contribution in [2.75, 3.05) is 0 Å². The second kappa shape index (κ2) is 3.53. The summed E-state index contributed by atoms with van der Waals surface area (Å²) in [6.45, 7) is 0. The summed E-state index contributed by atoms with van der Waals surface area (Å²) in [5.41, 5.74) is 1.59. The van der Waals surface area contributed by atoms with Crippen LogP contribution in [-0.4, -0.2) is 14.3 Å². The van der Waals surface area contributed by atoms with Gasteiger partial charge in [0.15, 0.2) is 5.82 Å². The SMILES string of the molecule is O=c1[nH]c(-c2ccc3ccccc3n2)ns1. The van der Waals surface area contributed by atoms with Gasteiger partial charge in [-0.25, -0.2) is 4.98 Å². The zero-order valence-electron chi connectivity index (χ0n) is 8.18. The van der Waals surface area contributed by atoms with E-state index in [4.69, 9.17) is 0 Å². The number of rotatable bonds is 1. The first-order chi connectivity index (χ1) is 7.83. The number of H-pyrrole nitrogens is 1. The molecule has 0 fully saturated rings. The second-order valence-corrected chi connectivity index (χ2v) is 4.07. The summed E-state index contributed by atoms with van der Waals surface area (Å²) in [5.74, 6) is 0.528. The van der Waals surface area contributed by atoms with E-state index in [1.807, 2.05) is 36.4 Å². The van der Waals surface area contributed by atoms with Crippen molar-refractivity contribution >= 4 is 22.4 Å². The summed E-state index contributed by atoms with van der Waals surface area (Å²) < 4.78 is 4.00. The Morgan fingerprint density at radius 1 is 1.12 bits per heavy atom. The van der Waals surface area contributed by atoms with E-state index in [9.17, 15) is 4.79 Å². The average molecular weight is 229 g/mol. The van der Waals surface area contributed by atoms with E-state index < -0.39 is 0 Å². The second-order valence-electron chi connectivity index (χ2n) is 3.33. The van der Waals surface area contributed by atoms with Gasteiger partial charge in [-0.3, -0.25) is 9.78 Å². The molecule has 1 N–H and O–H groups in total. The van der Waals surface area contributed by atoms with Crippen molar-refractivity contribution in [2.24, 2.45) is 0 Å². The fraction of sp³-hybridized carbons (Fsp3) is 0. The van der Waals surface area contributed by atoms with Gasteiger partial charge in [0, 0.05) is 16.9 Å². The Hall–Kier alpha value is -2.01. The van der Waals surface area contributed by atoms with Crippen molar-refractivity contribution in [1.82, 2.24) is 14.3 Å². The number of nitrogens with zero attached hydrogens (tertiary/aromatic N) is 2. The number of benzene rings is 1. The van der Waals surface area contributed by atoms with Crippen LogP contribution in [0.1, 0.15) is 0 Å². The predicted octanol–water partition coefficient (Wildman–Crippen LogP) is 2.05. The van der Waals surface area contributed by atoms with Crippen LogP contribution >= 0.6 is 11.5 Å². The molecule has 2 heterocycles. The summed E-state index contributed by atoms with van der Waals surface area (Å²) in [7, 11) is 0. The van der Waals surface area contributed by atoms with Gasteiger partial charge in [-0.15, -0.1) is 0 Å². The molecule has 0 saturated carbocycles. The smallest absolute Gasteiger partial charge is 0.294 e. The molecule has 4 nitrogen and oxygen atoms in total.